The highest BCUT2D eigenvalue weighted by Gasteiger charge is 2.77. The monoisotopic (exact) mass is 412 g/mol. The highest BCUT2D eigenvalue weighted by molar-refractivity contribution is 9.10. The second-order valence-corrected chi connectivity index (χ2v) is 5.09. The third-order valence-corrected chi connectivity index (χ3v) is 3.10. The first kappa shape index (κ1) is 19.5. The average Bonchev–Trinajstić information content (AvgIpc) is 2.43. The summed E-state index contributed by atoms with van der Waals surface area (Å²) in [7, 11) is 1.20. The first-order valence-electron chi connectivity index (χ1n) is 5.66. The molecule has 0 saturated heterocycles. The predicted octanol–water partition coefficient (Wildman–Crippen LogP) is 4.33. The average molecular weight is 413 g/mol. The Balaban J connectivity index is 2.94. The normalized spacial score (nSPS) is 12.9. The molecule has 0 amide bonds. The molecule has 0 unspecified atom stereocenters. The van der Waals surface area contributed by atoms with Crippen molar-refractivity contribution in [2.24, 2.45) is 0 Å². The number of hydrogen-bond acceptors (Lipinski definition) is 3. The lowest BCUT2D eigenvalue weighted by Gasteiger charge is -2.26. The van der Waals surface area contributed by atoms with Crippen LogP contribution in [0.2, 0.25) is 0 Å². The Hall–Kier alpha value is -1.52. The van der Waals surface area contributed by atoms with Crippen molar-refractivity contribution < 1.29 is 45.0 Å². The summed E-state index contributed by atoms with van der Waals surface area (Å²) in [5.41, 5.74) is -0.0126. The summed E-state index contributed by atoms with van der Waals surface area (Å²) in [6.45, 7) is -0.981. The second-order valence-electron chi connectivity index (χ2n) is 4.18. The van der Waals surface area contributed by atoms with E-state index in [2.05, 4.69) is 20.7 Å². The van der Waals surface area contributed by atoms with Gasteiger partial charge in [0.1, 0.15) is 12.4 Å². The van der Waals surface area contributed by atoms with E-state index in [1.807, 2.05) is 0 Å². The van der Waals surface area contributed by atoms with Crippen LogP contribution < -0.4 is 4.74 Å². The van der Waals surface area contributed by atoms with Crippen molar-refractivity contribution in [2.45, 2.75) is 24.6 Å². The SMILES string of the molecule is COc1ccc(Br)cc1COC(=O)C(F)(F)C(F)(F)C(F)(F)F. The maximum Gasteiger partial charge on any atom is 0.460 e. The quantitative estimate of drug-likeness (QED) is 0.533. The Labute approximate surface area is 133 Å². The number of carbonyl (C=O) groups is 1. The maximum absolute atomic E-state index is 13.1. The minimum Gasteiger partial charge on any atom is -0.496 e. The molecule has 3 nitrogen and oxygen atoms in total. The first-order chi connectivity index (χ1) is 10.3. The van der Waals surface area contributed by atoms with Crippen molar-refractivity contribution in [1.82, 2.24) is 0 Å². The molecule has 1 rings (SSSR count). The summed E-state index contributed by atoms with van der Waals surface area (Å²) in [5.74, 6) is -15.6. The number of methoxy groups -OCH3 is 1. The van der Waals surface area contributed by atoms with Crippen LogP contribution in [-0.4, -0.2) is 31.1 Å². The Bertz CT molecular complexity index is 587. The molecule has 0 aliphatic heterocycles. The van der Waals surface area contributed by atoms with E-state index in [1.165, 1.54) is 25.3 Å². The lowest BCUT2D eigenvalue weighted by Crippen LogP contribution is -2.56. The molecule has 0 aromatic heterocycles. The van der Waals surface area contributed by atoms with E-state index >= 15 is 0 Å². The largest absolute Gasteiger partial charge is 0.496 e. The van der Waals surface area contributed by atoms with E-state index in [-0.39, 0.29) is 11.3 Å². The molecule has 0 aliphatic rings. The van der Waals surface area contributed by atoms with E-state index < -0.39 is 30.6 Å². The lowest BCUT2D eigenvalue weighted by molar-refractivity contribution is -0.348. The Morgan fingerprint density at radius 3 is 2.17 bits per heavy atom. The standard InChI is InChI=1S/C12H8BrF7O3/c1-22-8-3-2-7(13)4-6(8)5-23-9(21)10(14,15)11(16,17)12(18,19)20/h2-4H,5H2,1H3. The number of benzene rings is 1. The van der Waals surface area contributed by atoms with Gasteiger partial charge in [0.25, 0.3) is 0 Å². The molecule has 0 saturated carbocycles. The van der Waals surface area contributed by atoms with Crippen molar-refractivity contribution in [3.8, 4) is 5.75 Å². The van der Waals surface area contributed by atoms with Crippen LogP contribution >= 0.6 is 15.9 Å². The number of carbonyl (C=O) groups excluding carboxylic acids is 1. The fourth-order valence-electron chi connectivity index (χ4n) is 1.40. The summed E-state index contributed by atoms with van der Waals surface area (Å²) >= 11 is 3.02. The number of rotatable bonds is 5. The van der Waals surface area contributed by atoms with E-state index in [9.17, 15) is 35.5 Å². The van der Waals surface area contributed by atoms with Gasteiger partial charge in [0.05, 0.1) is 7.11 Å². The van der Waals surface area contributed by atoms with E-state index in [1.54, 1.807) is 0 Å². The van der Waals surface area contributed by atoms with Gasteiger partial charge >= 0.3 is 24.0 Å². The minimum absolute atomic E-state index is 0.0126. The van der Waals surface area contributed by atoms with Crippen LogP contribution in [0.1, 0.15) is 5.56 Å². The van der Waals surface area contributed by atoms with Gasteiger partial charge in [-0.05, 0) is 18.2 Å². The van der Waals surface area contributed by atoms with Gasteiger partial charge in [0.15, 0.2) is 0 Å². The number of ether oxygens (including phenoxy) is 2. The van der Waals surface area contributed by atoms with Crippen LogP contribution in [0.15, 0.2) is 22.7 Å². The van der Waals surface area contributed by atoms with Crippen LogP contribution in [0.25, 0.3) is 0 Å². The molecule has 23 heavy (non-hydrogen) atoms. The summed E-state index contributed by atoms with van der Waals surface area (Å²) in [4.78, 5) is 11.0. The van der Waals surface area contributed by atoms with Crippen molar-refractivity contribution in [3.63, 3.8) is 0 Å². The van der Waals surface area contributed by atoms with Crippen molar-refractivity contribution in [1.29, 1.82) is 0 Å². The molecule has 0 heterocycles. The third-order valence-electron chi connectivity index (χ3n) is 2.61. The van der Waals surface area contributed by atoms with Gasteiger partial charge in [0.2, 0.25) is 0 Å². The topological polar surface area (TPSA) is 35.5 Å². The highest BCUT2D eigenvalue weighted by atomic mass is 79.9. The van der Waals surface area contributed by atoms with Gasteiger partial charge in [-0.15, -0.1) is 0 Å². The zero-order valence-electron chi connectivity index (χ0n) is 11.2. The molecule has 0 bridgehead atoms. The molecule has 130 valence electrons. The first-order valence-corrected chi connectivity index (χ1v) is 6.46. The van der Waals surface area contributed by atoms with Crippen molar-refractivity contribution >= 4 is 21.9 Å². The number of halogens is 8. The van der Waals surface area contributed by atoms with Gasteiger partial charge in [-0.2, -0.15) is 30.7 Å². The molecule has 0 fully saturated rings. The summed E-state index contributed by atoms with van der Waals surface area (Å²) in [5, 5.41) is 0. The zero-order valence-corrected chi connectivity index (χ0v) is 12.8. The molecule has 11 heteroatoms. The molecule has 0 radical (unpaired) electrons. The van der Waals surface area contributed by atoms with Gasteiger partial charge in [-0.25, -0.2) is 4.79 Å². The summed E-state index contributed by atoms with van der Waals surface area (Å²) < 4.78 is 96.5. The minimum atomic E-state index is -6.61. The molecule has 0 spiro atoms. The number of hydrogen-bond donors (Lipinski definition) is 0. The van der Waals surface area contributed by atoms with Crippen LogP contribution in [0.3, 0.4) is 0 Å². The Morgan fingerprint density at radius 2 is 1.70 bits per heavy atom. The van der Waals surface area contributed by atoms with Gasteiger partial charge in [-0.1, -0.05) is 15.9 Å². The maximum atomic E-state index is 13.1. The molecular formula is C12H8BrF7O3. The fourth-order valence-corrected chi connectivity index (χ4v) is 1.81. The Kier molecular flexibility index (Phi) is 5.55. The number of esters is 1. The third kappa shape index (κ3) is 3.88. The molecule has 1 aromatic carbocycles. The van der Waals surface area contributed by atoms with Crippen LogP contribution in [0.5, 0.6) is 5.75 Å². The van der Waals surface area contributed by atoms with Crippen LogP contribution in [0.4, 0.5) is 30.7 Å². The van der Waals surface area contributed by atoms with Crippen molar-refractivity contribution in [3.05, 3.63) is 28.2 Å². The predicted molar refractivity (Wildman–Crippen MR) is 66.4 cm³/mol. The zero-order chi connectivity index (χ0) is 18.1. The molecule has 0 N–H and O–H groups in total. The smallest absolute Gasteiger partial charge is 0.460 e. The molecular weight excluding hydrogens is 405 g/mol. The van der Waals surface area contributed by atoms with Gasteiger partial charge in [0, 0.05) is 10.0 Å². The van der Waals surface area contributed by atoms with E-state index in [4.69, 9.17) is 4.74 Å². The highest BCUT2D eigenvalue weighted by Crippen LogP contribution is 2.47. The van der Waals surface area contributed by atoms with E-state index in [0.29, 0.717) is 4.47 Å². The van der Waals surface area contributed by atoms with Crippen LogP contribution in [0, 0.1) is 0 Å². The summed E-state index contributed by atoms with van der Waals surface area (Å²) in [6, 6.07) is 4.08. The molecule has 0 atom stereocenters. The molecule has 0 aliphatic carbocycles. The number of alkyl halides is 7. The van der Waals surface area contributed by atoms with Crippen molar-refractivity contribution in [2.75, 3.05) is 7.11 Å². The molecule has 1 aromatic rings. The lowest BCUT2D eigenvalue weighted by atomic mass is 10.1. The fraction of sp³-hybridized carbons (Fsp3) is 0.417. The summed E-state index contributed by atoms with van der Waals surface area (Å²) in [6.07, 6.45) is -6.61. The van der Waals surface area contributed by atoms with Crippen LogP contribution in [-0.2, 0) is 16.1 Å². The Morgan fingerprint density at radius 1 is 1.13 bits per heavy atom. The van der Waals surface area contributed by atoms with Gasteiger partial charge in [-0.3, -0.25) is 0 Å². The van der Waals surface area contributed by atoms with Gasteiger partial charge < -0.3 is 9.47 Å². The van der Waals surface area contributed by atoms with E-state index in [0.717, 1.165) is 0 Å². The second kappa shape index (κ2) is 6.54.